The maximum absolute atomic E-state index is 14.5. The van der Waals surface area contributed by atoms with E-state index in [0.717, 1.165) is 11.3 Å². The minimum Gasteiger partial charge on any atom is -0.491 e. The molecular formula is C21H22F2IN3O3S. The van der Waals surface area contributed by atoms with Crippen LogP contribution in [0.4, 0.5) is 8.78 Å². The number of carbonyl (C=O) groups is 1. The number of ether oxygens (including phenoxy) is 1. The lowest BCUT2D eigenvalue weighted by Gasteiger charge is -2.17. The number of aryl methyl sites for hydroxylation is 1. The van der Waals surface area contributed by atoms with Crippen LogP contribution in [0.25, 0.3) is 10.6 Å². The first kappa shape index (κ1) is 23.5. The fourth-order valence-electron chi connectivity index (χ4n) is 2.76. The molecule has 166 valence electrons. The Kier molecular flexibility index (Phi) is 7.20. The van der Waals surface area contributed by atoms with Gasteiger partial charge in [0.2, 0.25) is 0 Å². The van der Waals surface area contributed by atoms with Gasteiger partial charge < -0.3 is 9.84 Å². The van der Waals surface area contributed by atoms with E-state index in [1.807, 2.05) is 20.8 Å². The normalized spacial score (nSPS) is 12.7. The number of nitrogens with zero attached hydrogens (tertiary/aromatic N) is 3. The molecule has 3 rings (SSSR count). The van der Waals surface area contributed by atoms with Crippen molar-refractivity contribution >= 4 is 42.6 Å². The Labute approximate surface area is 192 Å². The van der Waals surface area contributed by atoms with Crippen molar-refractivity contribution in [3.05, 3.63) is 52.3 Å². The van der Waals surface area contributed by atoms with Crippen LogP contribution in [-0.4, -0.2) is 36.5 Å². The van der Waals surface area contributed by atoms with Gasteiger partial charge in [-0.05, 0) is 59.2 Å². The first-order valence-corrected chi connectivity index (χ1v) is 12.9. The second kappa shape index (κ2) is 9.51. The molecule has 0 aliphatic carbocycles. The summed E-state index contributed by atoms with van der Waals surface area (Å²) in [6.45, 7) is 6.02. The second-order valence-corrected chi connectivity index (χ2v) is 10.3. The van der Waals surface area contributed by atoms with Gasteiger partial charge in [0.15, 0.2) is 0 Å². The third-order valence-electron chi connectivity index (χ3n) is 4.65. The number of rotatable bonds is 9. The highest BCUT2D eigenvalue weighted by Crippen LogP contribution is 2.42. The molecule has 2 heterocycles. The number of carboxylic acid groups (broad SMARTS) is 1. The van der Waals surface area contributed by atoms with Gasteiger partial charge in [-0.15, -0.1) is 11.3 Å². The fraction of sp³-hybridized carbons (Fsp3) is 0.333. The summed E-state index contributed by atoms with van der Waals surface area (Å²) in [7, 11) is 0. The average molecular weight is 561 g/mol. The van der Waals surface area contributed by atoms with Crippen LogP contribution in [0.3, 0.4) is 0 Å². The van der Waals surface area contributed by atoms with E-state index in [-0.39, 0.29) is 23.8 Å². The number of hydrogen-bond donors (Lipinski definition) is 1. The van der Waals surface area contributed by atoms with Gasteiger partial charge in [-0.3, -0.25) is 4.68 Å². The highest BCUT2D eigenvalue weighted by atomic mass is 127. The Morgan fingerprint density at radius 2 is 2.16 bits per heavy atom. The van der Waals surface area contributed by atoms with E-state index in [4.69, 9.17) is 9.84 Å². The summed E-state index contributed by atoms with van der Waals surface area (Å²) in [5.74, 6) is -0.673. The molecule has 0 aliphatic heterocycles. The van der Waals surface area contributed by atoms with Gasteiger partial charge >= 0.3 is 9.90 Å². The topological polar surface area (TPSA) is 77.2 Å². The van der Waals surface area contributed by atoms with Gasteiger partial charge in [-0.1, -0.05) is 11.4 Å². The van der Waals surface area contributed by atoms with Crippen molar-refractivity contribution in [2.75, 3.05) is 0 Å². The Morgan fingerprint density at radius 3 is 2.77 bits per heavy atom. The smallest absolute Gasteiger partial charge is 0.338 e. The Morgan fingerprint density at radius 1 is 1.42 bits per heavy atom. The van der Waals surface area contributed by atoms with Gasteiger partial charge in [-0.25, -0.2) is 9.78 Å². The Hall–Kier alpha value is -2.21. The Bertz CT molecular complexity index is 1110. The number of aromatic carboxylic acids is 1. The van der Waals surface area contributed by atoms with Crippen LogP contribution in [-0.2, 0) is 10.5 Å². The van der Waals surface area contributed by atoms with Gasteiger partial charge in [0, 0.05) is 22.2 Å². The summed E-state index contributed by atoms with van der Waals surface area (Å²) in [4.78, 5) is 16.6. The zero-order valence-corrected chi connectivity index (χ0v) is 20.2. The third kappa shape index (κ3) is 5.53. The molecule has 31 heavy (non-hydrogen) atoms. The summed E-state index contributed by atoms with van der Waals surface area (Å²) >= 11 is -0.208. The van der Waals surface area contributed by atoms with E-state index in [1.54, 1.807) is 6.07 Å². The number of alkyl halides is 3. The highest BCUT2D eigenvalue weighted by molar-refractivity contribution is 14.2. The van der Waals surface area contributed by atoms with Crippen molar-refractivity contribution in [1.82, 2.24) is 14.8 Å². The van der Waals surface area contributed by atoms with E-state index in [9.17, 15) is 13.6 Å². The lowest BCUT2D eigenvalue weighted by Crippen LogP contribution is -2.11. The summed E-state index contributed by atoms with van der Waals surface area (Å²) < 4.78 is 36.8. The lowest BCUT2D eigenvalue weighted by molar-refractivity contribution is 0.0696. The number of aromatic nitrogens is 3. The Balaban J connectivity index is 1.98. The minimum absolute atomic E-state index is 0.0892. The van der Waals surface area contributed by atoms with Crippen LogP contribution >= 0.6 is 32.1 Å². The molecule has 0 amide bonds. The van der Waals surface area contributed by atoms with Crippen molar-refractivity contribution in [2.24, 2.45) is 0 Å². The van der Waals surface area contributed by atoms with Crippen LogP contribution < -0.4 is 4.74 Å². The first-order chi connectivity index (χ1) is 14.6. The van der Waals surface area contributed by atoms with Gasteiger partial charge in [0.1, 0.15) is 10.8 Å². The monoisotopic (exact) mass is 561 g/mol. The molecule has 2 aromatic heterocycles. The second-order valence-electron chi connectivity index (χ2n) is 6.97. The first-order valence-electron chi connectivity index (χ1n) is 9.45. The van der Waals surface area contributed by atoms with Gasteiger partial charge in [0.05, 0.1) is 30.1 Å². The number of halogens is 3. The maximum Gasteiger partial charge on any atom is 0.338 e. The molecule has 0 saturated carbocycles. The van der Waals surface area contributed by atoms with Crippen LogP contribution in [0, 0.1) is 6.92 Å². The third-order valence-corrected chi connectivity index (χ3v) is 7.29. The molecular weight excluding hydrogens is 539 g/mol. The van der Waals surface area contributed by atoms with E-state index in [0.29, 0.717) is 22.0 Å². The van der Waals surface area contributed by atoms with Crippen LogP contribution in [0.1, 0.15) is 46.8 Å². The van der Waals surface area contributed by atoms with Gasteiger partial charge in [-0.2, -0.15) is 13.9 Å². The van der Waals surface area contributed by atoms with E-state index in [2.05, 4.69) is 14.6 Å². The molecule has 1 atom stereocenters. The summed E-state index contributed by atoms with van der Waals surface area (Å²) in [6, 6.07) is 4.57. The molecule has 0 bridgehead atoms. The number of carboxylic acids is 1. The molecule has 10 heteroatoms. The molecule has 1 unspecified atom stereocenters. The molecule has 1 aromatic carbocycles. The van der Waals surface area contributed by atoms with Crippen molar-refractivity contribution in [3.8, 4) is 16.3 Å². The molecule has 0 aliphatic rings. The standard InChI is InChI=1S/C21H22F2IN3O3S/c1-5-12(2)30-17-7-14(6-16(8-17)21(22,23)24-4)19-26-18(13(3)31-19)11-27-10-15(9-25-27)20(28)29/h6-10,12H,4-5,11H2,1-3H3,(H,28,29). The molecule has 1 N–H and O–H groups in total. The van der Waals surface area contributed by atoms with Crippen molar-refractivity contribution in [3.63, 3.8) is 0 Å². The molecule has 0 saturated heterocycles. The molecule has 3 aromatic rings. The van der Waals surface area contributed by atoms with Crippen molar-refractivity contribution in [1.29, 1.82) is 0 Å². The molecule has 6 nitrogen and oxygen atoms in total. The average Bonchev–Trinajstić information content (AvgIpc) is 3.35. The van der Waals surface area contributed by atoms with E-state index in [1.165, 1.54) is 40.5 Å². The minimum atomic E-state index is -2.97. The SMILES string of the molecule is C=IC(F)(F)c1cc(OC(C)CC)cc(-c2nc(Cn3cc(C(=O)O)cn3)c(C)s2)c1. The lowest BCUT2D eigenvalue weighted by atomic mass is 10.1. The van der Waals surface area contributed by atoms with Crippen molar-refractivity contribution in [2.45, 2.75) is 43.8 Å². The zero-order chi connectivity index (χ0) is 22.8. The van der Waals surface area contributed by atoms with Crippen LogP contribution in [0.15, 0.2) is 30.6 Å². The van der Waals surface area contributed by atoms with Crippen LogP contribution in [0.2, 0.25) is 0 Å². The van der Waals surface area contributed by atoms with Crippen molar-refractivity contribution < 1.29 is 23.4 Å². The molecule has 0 spiro atoms. The van der Waals surface area contributed by atoms with E-state index >= 15 is 0 Å². The molecule has 0 fully saturated rings. The summed E-state index contributed by atoms with van der Waals surface area (Å²) in [5, 5.41) is 13.7. The summed E-state index contributed by atoms with van der Waals surface area (Å²) in [5.41, 5.74) is 1.23. The fourth-order valence-corrected chi connectivity index (χ4v) is 4.42. The zero-order valence-electron chi connectivity index (χ0n) is 17.2. The largest absolute Gasteiger partial charge is 0.491 e. The van der Waals surface area contributed by atoms with Gasteiger partial charge in [0.25, 0.3) is 0 Å². The van der Waals surface area contributed by atoms with Crippen LogP contribution in [0.5, 0.6) is 5.75 Å². The number of thiazole rings is 1. The number of benzene rings is 1. The highest BCUT2D eigenvalue weighted by Gasteiger charge is 2.30. The summed E-state index contributed by atoms with van der Waals surface area (Å²) in [6.07, 6.45) is 3.35. The molecule has 0 radical (unpaired) electrons. The quantitative estimate of drug-likeness (QED) is 0.268. The number of hydrogen-bond acceptors (Lipinski definition) is 5. The maximum atomic E-state index is 14.5. The predicted octanol–water partition coefficient (Wildman–Crippen LogP) is 5.69. The predicted molar refractivity (Wildman–Crippen MR) is 126 cm³/mol. The van der Waals surface area contributed by atoms with E-state index < -0.39 is 30.6 Å².